The van der Waals surface area contributed by atoms with Gasteiger partial charge in [0.05, 0.1) is 6.20 Å². The summed E-state index contributed by atoms with van der Waals surface area (Å²) in [5.74, 6) is 0.898. The molecule has 1 aromatic rings. The highest BCUT2D eigenvalue weighted by Gasteiger charge is 2.44. The highest BCUT2D eigenvalue weighted by molar-refractivity contribution is 5.92. The minimum atomic E-state index is 0.0701. The van der Waals surface area contributed by atoms with Crippen LogP contribution in [-0.4, -0.2) is 63.4 Å². The molecule has 1 atom stereocenters. The fraction of sp³-hybridized carbons (Fsp3) is 0.850. The second-order valence-corrected chi connectivity index (χ2v) is 8.76. The predicted octanol–water partition coefficient (Wildman–Crippen LogP) is 2.81. The Labute approximate surface area is 156 Å². The van der Waals surface area contributed by atoms with Crippen molar-refractivity contribution in [2.24, 2.45) is 11.3 Å². The van der Waals surface area contributed by atoms with Gasteiger partial charge in [-0.05, 0) is 38.3 Å². The van der Waals surface area contributed by atoms with Crippen LogP contribution in [0.15, 0.2) is 6.20 Å². The van der Waals surface area contributed by atoms with Gasteiger partial charge in [0.15, 0.2) is 5.69 Å². The number of likely N-dealkylation sites (tertiary alicyclic amines) is 2. The second-order valence-electron chi connectivity index (χ2n) is 8.76. The Morgan fingerprint density at radius 3 is 2.77 bits per heavy atom. The fourth-order valence-electron chi connectivity index (χ4n) is 5.20. The van der Waals surface area contributed by atoms with Crippen LogP contribution in [0, 0.1) is 11.3 Å². The first-order valence-electron chi connectivity index (χ1n) is 10.6. The van der Waals surface area contributed by atoms with Gasteiger partial charge in [-0.1, -0.05) is 44.2 Å². The molecule has 0 radical (unpaired) electrons. The molecular formula is C20H33N5O. The Morgan fingerprint density at radius 2 is 2.00 bits per heavy atom. The number of amides is 1. The summed E-state index contributed by atoms with van der Waals surface area (Å²) in [6.07, 6.45) is 12.2. The molecule has 26 heavy (non-hydrogen) atoms. The van der Waals surface area contributed by atoms with Crippen LogP contribution in [0.5, 0.6) is 0 Å². The average molecular weight is 360 g/mol. The highest BCUT2D eigenvalue weighted by Crippen LogP contribution is 2.39. The molecule has 0 N–H and O–H groups in total. The van der Waals surface area contributed by atoms with Crippen LogP contribution >= 0.6 is 0 Å². The monoisotopic (exact) mass is 359 g/mol. The molecule has 0 aromatic carbocycles. The van der Waals surface area contributed by atoms with E-state index >= 15 is 0 Å². The minimum absolute atomic E-state index is 0.0701. The molecule has 1 unspecified atom stereocenters. The lowest BCUT2D eigenvalue weighted by Crippen LogP contribution is -2.34. The summed E-state index contributed by atoms with van der Waals surface area (Å²) in [6, 6.07) is 0. The molecule has 1 spiro atoms. The Bertz CT molecular complexity index is 623. The van der Waals surface area contributed by atoms with Crippen LogP contribution in [0.3, 0.4) is 0 Å². The van der Waals surface area contributed by atoms with Gasteiger partial charge in [0.25, 0.3) is 5.91 Å². The normalized spacial score (nSPS) is 27.7. The van der Waals surface area contributed by atoms with E-state index in [-0.39, 0.29) is 5.91 Å². The Morgan fingerprint density at radius 1 is 1.19 bits per heavy atom. The third-order valence-electron chi connectivity index (χ3n) is 6.94. The fourth-order valence-corrected chi connectivity index (χ4v) is 5.20. The van der Waals surface area contributed by atoms with Crippen molar-refractivity contribution in [1.82, 2.24) is 24.8 Å². The quantitative estimate of drug-likeness (QED) is 0.811. The summed E-state index contributed by atoms with van der Waals surface area (Å²) in [4.78, 5) is 17.4. The van der Waals surface area contributed by atoms with Gasteiger partial charge in [0.1, 0.15) is 0 Å². The van der Waals surface area contributed by atoms with E-state index in [0.717, 1.165) is 51.5 Å². The van der Waals surface area contributed by atoms with Crippen LogP contribution in [0.25, 0.3) is 0 Å². The maximum atomic E-state index is 12.9. The number of aromatic nitrogens is 3. The van der Waals surface area contributed by atoms with E-state index in [9.17, 15) is 4.79 Å². The van der Waals surface area contributed by atoms with Gasteiger partial charge in [-0.25, -0.2) is 0 Å². The topological polar surface area (TPSA) is 54.3 Å². The lowest BCUT2D eigenvalue weighted by atomic mass is 9.86. The Kier molecular flexibility index (Phi) is 5.30. The molecule has 144 valence electrons. The van der Waals surface area contributed by atoms with Crippen molar-refractivity contribution >= 4 is 5.91 Å². The van der Waals surface area contributed by atoms with E-state index in [1.54, 1.807) is 0 Å². The van der Waals surface area contributed by atoms with E-state index in [0.29, 0.717) is 11.1 Å². The van der Waals surface area contributed by atoms with Crippen LogP contribution in [0.1, 0.15) is 68.8 Å². The van der Waals surface area contributed by atoms with E-state index in [2.05, 4.69) is 22.1 Å². The molecule has 6 nitrogen and oxygen atoms in total. The molecule has 1 amide bonds. The maximum absolute atomic E-state index is 12.9. The van der Waals surface area contributed by atoms with Crippen LogP contribution in [-0.2, 0) is 6.54 Å². The summed E-state index contributed by atoms with van der Waals surface area (Å²) in [6.45, 7) is 8.30. The molecule has 1 saturated carbocycles. The molecule has 1 aliphatic carbocycles. The number of hydrogen-bond donors (Lipinski definition) is 0. The van der Waals surface area contributed by atoms with Crippen molar-refractivity contribution in [2.45, 2.75) is 64.8 Å². The van der Waals surface area contributed by atoms with Crippen molar-refractivity contribution in [1.29, 1.82) is 0 Å². The van der Waals surface area contributed by atoms with Crippen molar-refractivity contribution in [3.63, 3.8) is 0 Å². The van der Waals surface area contributed by atoms with Crippen molar-refractivity contribution < 1.29 is 4.79 Å². The zero-order chi connectivity index (χ0) is 18.0. The predicted molar refractivity (Wildman–Crippen MR) is 101 cm³/mol. The number of carbonyl (C=O) groups is 1. The highest BCUT2D eigenvalue weighted by atomic mass is 16.2. The Hall–Kier alpha value is -1.43. The number of carbonyl (C=O) groups excluding carboxylic acids is 1. The summed E-state index contributed by atoms with van der Waals surface area (Å²) in [5.41, 5.74) is 0.846. The average Bonchev–Trinajstić information content (AvgIpc) is 3.41. The zero-order valence-electron chi connectivity index (χ0n) is 16.2. The van der Waals surface area contributed by atoms with Crippen LogP contribution < -0.4 is 0 Å². The molecular weight excluding hydrogens is 326 g/mol. The first-order valence-corrected chi connectivity index (χ1v) is 10.6. The van der Waals surface area contributed by atoms with Gasteiger partial charge >= 0.3 is 0 Å². The maximum Gasteiger partial charge on any atom is 0.276 e. The Balaban J connectivity index is 1.31. The third kappa shape index (κ3) is 3.80. The lowest BCUT2D eigenvalue weighted by Gasteiger charge is -2.24. The van der Waals surface area contributed by atoms with Gasteiger partial charge in [-0.3, -0.25) is 9.48 Å². The van der Waals surface area contributed by atoms with Crippen molar-refractivity contribution in [3.8, 4) is 0 Å². The number of nitrogens with zero attached hydrogens (tertiary/aromatic N) is 5. The third-order valence-corrected chi connectivity index (χ3v) is 6.94. The molecule has 1 aromatic heterocycles. The second kappa shape index (κ2) is 7.67. The van der Waals surface area contributed by atoms with Crippen molar-refractivity contribution in [2.75, 3.05) is 32.7 Å². The standard InChI is InChI=1S/C20H33N5O/c1-2-23-12-9-20(15-23)10-13-24(16-20)19(26)18-14-25(22-21-18)11-8-17-6-4-3-5-7-17/h14,17H,2-13,15-16H2,1H3. The number of aryl methyl sites for hydroxylation is 1. The SMILES string of the molecule is CCN1CCC2(CCN(C(=O)c3cn(CCC4CCCCC4)nn3)C2)C1. The molecule has 0 bridgehead atoms. The molecule has 2 saturated heterocycles. The number of rotatable bonds is 5. The summed E-state index contributed by atoms with van der Waals surface area (Å²) >= 11 is 0. The lowest BCUT2D eigenvalue weighted by molar-refractivity contribution is 0.0767. The largest absolute Gasteiger partial charge is 0.337 e. The van der Waals surface area contributed by atoms with Crippen LogP contribution in [0.4, 0.5) is 0 Å². The first-order chi connectivity index (χ1) is 12.7. The molecule has 3 fully saturated rings. The molecule has 2 aliphatic heterocycles. The van der Waals surface area contributed by atoms with Gasteiger partial charge < -0.3 is 9.80 Å². The zero-order valence-corrected chi connectivity index (χ0v) is 16.2. The molecule has 6 heteroatoms. The molecule has 4 rings (SSSR count). The van der Waals surface area contributed by atoms with Gasteiger partial charge in [-0.2, -0.15) is 0 Å². The van der Waals surface area contributed by atoms with E-state index in [1.165, 1.54) is 45.1 Å². The van der Waals surface area contributed by atoms with Gasteiger partial charge in [0, 0.05) is 31.6 Å². The number of hydrogen-bond acceptors (Lipinski definition) is 4. The van der Waals surface area contributed by atoms with E-state index in [1.807, 2.05) is 15.8 Å². The minimum Gasteiger partial charge on any atom is -0.337 e. The summed E-state index contributed by atoms with van der Waals surface area (Å²) < 4.78 is 1.88. The van der Waals surface area contributed by atoms with Crippen molar-refractivity contribution in [3.05, 3.63) is 11.9 Å². The van der Waals surface area contributed by atoms with E-state index in [4.69, 9.17) is 0 Å². The van der Waals surface area contributed by atoms with Crippen LogP contribution in [0.2, 0.25) is 0 Å². The van der Waals surface area contributed by atoms with Gasteiger partial charge in [0.2, 0.25) is 0 Å². The smallest absolute Gasteiger partial charge is 0.276 e. The molecule has 3 heterocycles. The first kappa shape index (κ1) is 18.0. The van der Waals surface area contributed by atoms with Gasteiger partial charge in [-0.15, -0.1) is 5.10 Å². The molecule has 3 aliphatic rings. The summed E-state index contributed by atoms with van der Waals surface area (Å²) in [7, 11) is 0. The van der Waals surface area contributed by atoms with E-state index < -0.39 is 0 Å². The summed E-state index contributed by atoms with van der Waals surface area (Å²) in [5, 5.41) is 8.40.